The average Bonchev–Trinajstić information content (AvgIpc) is 2.54. The van der Waals surface area contributed by atoms with Crippen LogP contribution in [0.1, 0.15) is 44.9 Å². The molecular weight excluding hydrogens is 308 g/mol. The van der Waals surface area contributed by atoms with Gasteiger partial charge in [-0.05, 0) is 50.2 Å². The SMILES string of the molecule is CC(C)NC(=O)c1ccc(NC(=O)c2ccccc2C(=O)O)cc1. The fourth-order valence-electron chi connectivity index (χ4n) is 2.12. The van der Waals surface area contributed by atoms with Crippen LogP contribution < -0.4 is 10.6 Å². The first-order chi connectivity index (χ1) is 11.4. The van der Waals surface area contributed by atoms with E-state index in [1.54, 1.807) is 36.4 Å². The molecule has 0 atom stereocenters. The molecule has 0 aromatic heterocycles. The van der Waals surface area contributed by atoms with Gasteiger partial charge < -0.3 is 15.7 Å². The molecule has 2 aromatic rings. The maximum absolute atomic E-state index is 12.2. The number of hydrogen-bond donors (Lipinski definition) is 3. The molecule has 24 heavy (non-hydrogen) atoms. The van der Waals surface area contributed by atoms with Crippen molar-refractivity contribution in [2.24, 2.45) is 0 Å². The Morgan fingerprint density at radius 1 is 0.875 bits per heavy atom. The molecule has 0 saturated carbocycles. The summed E-state index contributed by atoms with van der Waals surface area (Å²) in [5.41, 5.74) is 0.962. The minimum atomic E-state index is -1.17. The smallest absolute Gasteiger partial charge is 0.336 e. The lowest BCUT2D eigenvalue weighted by Gasteiger charge is -2.10. The molecule has 0 radical (unpaired) electrons. The molecule has 0 fully saturated rings. The molecule has 124 valence electrons. The van der Waals surface area contributed by atoms with Crippen LogP contribution in [0.5, 0.6) is 0 Å². The summed E-state index contributed by atoms with van der Waals surface area (Å²) in [6, 6.07) is 12.4. The van der Waals surface area contributed by atoms with E-state index >= 15 is 0 Å². The lowest BCUT2D eigenvalue weighted by Crippen LogP contribution is -2.30. The molecule has 0 bridgehead atoms. The third kappa shape index (κ3) is 4.19. The van der Waals surface area contributed by atoms with Crippen LogP contribution >= 0.6 is 0 Å². The van der Waals surface area contributed by atoms with Crippen molar-refractivity contribution in [2.75, 3.05) is 5.32 Å². The molecule has 2 amide bonds. The van der Waals surface area contributed by atoms with Gasteiger partial charge in [-0.25, -0.2) is 4.79 Å². The van der Waals surface area contributed by atoms with Crippen molar-refractivity contribution in [3.8, 4) is 0 Å². The molecule has 2 rings (SSSR count). The topological polar surface area (TPSA) is 95.5 Å². The summed E-state index contributed by atoms with van der Waals surface area (Å²) >= 11 is 0. The van der Waals surface area contributed by atoms with Crippen LogP contribution in [0.2, 0.25) is 0 Å². The monoisotopic (exact) mass is 326 g/mol. The van der Waals surface area contributed by atoms with Crippen LogP contribution in [0.25, 0.3) is 0 Å². The fraction of sp³-hybridized carbons (Fsp3) is 0.167. The predicted molar refractivity (Wildman–Crippen MR) is 90.4 cm³/mol. The third-order valence-corrected chi connectivity index (χ3v) is 3.23. The zero-order valence-electron chi connectivity index (χ0n) is 13.4. The first-order valence-electron chi connectivity index (χ1n) is 7.43. The van der Waals surface area contributed by atoms with Gasteiger partial charge in [0.2, 0.25) is 0 Å². The number of anilines is 1. The van der Waals surface area contributed by atoms with Gasteiger partial charge >= 0.3 is 5.97 Å². The zero-order chi connectivity index (χ0) is 17.7. The fourth-order valence-corrected chi connectivity index (χ4v) is 2.12. The standard InChI is InChI=1S/C18H18N2O4/c1-11(2)19-16(21)12-7-9-13(10-8-12)20-17(22)14-5-3-4-6-15(14)18(23)24/h3-11H,1-2H3,(H,19,21)(H,20,22)(H,23,24). The largest absolute Gasteiger partial charge is 0.478 e. The van der Waals surface area contributed by atoms with Crippen LogP contribution in [0.15, 0.2) is 48.5 Å². The summed E-state index contributed by atoms with van der Waals surface area (Å²) in [6.45, 7) is 3.73. The Morgan fingerprint density at radius 2 is 1.46 bits per heavy atom. The number of benzene rings is 2. The van der Waals surface area contributed by atoms with Gasteiger partial charge in [-0.2, -0.15) is 0 Å². The van der Waals surface area contributed by atoms with Gasteiger partial charge in [-0.3, -0.25) is 9.59 Å². The van der Waals surface area contributed by atoms with Gasteiger partial charge in [0.05, 0.1) is 11.1 Å². The molecule has 0 aliphatic carbocycles. The number of rotatable bonds is 5. The van der Waals surface area contributed by atoms with E-state index < -0.39 is 11.9 Å². The molecule has 0 spiro atoms. The van der Waals surface area contributed by atoms with Crippen molar-refractivity contribution in [1.82, 2.24) is 5.32 Å². The normalized spacial score (nSPS) is 10.3. The highest BCUT2D eigenvalue weighted by atomic mass is 16.4. The Hall–Kier alpha value is -3.15. The summed E-state index contributed by atoms with van der Waals surface area (Å²) < 4.78 is 0. The van der Waals surface area contributed by atoms with Gasteiger partial charge in [0.1, 0.15) is 0 Å². The van der Waals surface area contributed by atoms with Crippen molar-refractivity contribution in [1.29, 1.82) is 0 Å². The van der Waals surface area contributed by atoms with Crippen molar-refractivity contribution < 1.29 is 19.5 Å². The summed E-state index contributed by atoms with van der Waals surface area (Å²) in [7, 11) is 0. The van der Waals surface area contributed by atoms with Gasteiger partial charge in [0.15, 0.2) is 0 Å². The van der Waals surface area contributed by atoms with E-state index in [9.17, 15) is 14.4 Å². The molecular formula is C18H18N2O4. The number of carboxylic acids is 1. The number of carbonyl (C=O) groups excluding carboxylic acids is 2. The Morgan fingerprint density at radius 3 is 2.00 bits per heavy atom. The summed E-state index contributed by atoms with van der Waals surface area (Å²) in [5.74, 6) is -1.88. The maximum atomic E-state index is 12.2. The number of carboxylic acid groups (broad SMARTS) is 1. The Bertz CT molecular complexity index is 767. The number of hydrogen-bond acceptors (Lipinski definition) is 3. The molecule has 6 nitrogen and oxygen atoms in total. The van der Waals surface area contributed by atoms with Crippen LogP contribution in [-0.4, -0.2) is 28.9 Å². The highest BCUT2D eigenvalue weighted by molar-refractivity contribution is 6.10. The van der Waals surface area contributed by atoms with Crippen LogP contribution in [0, 0.1) is 0 Å². The summed E-state index contributed by atoms with van der Waals surface area (Å²) in [5, 5.41) is 14.5. The molecule has 2 aromatic carbocycles. The van der Waals surface area contributed by atoms with E-state index in [2.05, 4.69) is 10.6 Å². The van der Waals surface area contributed by atoms with Crippen molar-refractivity contribution in [3.05, 3.63) is 65.2 Å². The Kier molecular flexibility index (Phi) is 5.31. The van der Waals surface area contributed by atoms with Gasteiger partial charge in [-0.1, -0.05) is 12.1 Å². The molecule has 0 saturated heterocycles. The van der Waals surface area contributed by atoms with E-state index in [4.69, 9.17) is 5.11 Å². The number of carbonyl (C=O) groups is 3. The van der Waals surface area contributed by atoms with E-state index in [0.717, 1.165) is 0 Å². The molecule has 0 unspecified atom stereocenters. The van der Waals surface area contributed by atoms with Crippen LogP contribution in [-0.2, 0) is 0 Å². The Balaban J connectivity index is 2.13. The highest BCUT2D eigenvalue weighted by Crippen LogP contribution is 2.14. The first-order valence-corrected chi connectivity index (χ1v) is 7.43. The van der Waals surface area contributed by atoms with Gasteiger partial charge in [0.25, 0.3) is 11.8 Å². The zero-order valence-corrected chi connectivity index (χ0v) is 13.4. The number of amides is 2. The second-order valence-electron chi connectivity index (χ2n) is 5.51. The molecule has 3 N–H and O–H groups in total. The molecule has 0 aliphatic rings. The van der Waals surface area contributed by atoms with Crippen LogP contribution in [0.4, 0.5) is 5.69 Å². The second-order valence-corrected chi connectivity index (χ2v) is 5.51. The summed E-state index contributed by atoms with van der Waals surface area (Å²) in [6.07, 6.45) is 0. The highest BCUT2D eigenvalue weighted by Gasteiger charge is 2.16. The molecule has 0 heterocycles. The third-order valence-electron chi connectivity index (χ3n) is 3.23. The predicted octanol–water partition coefficient (Wildman–Crippen LogP) is 2.78. The maximum Gasteiger partial charge on any atom is 0.336 e. The van der Waals surface area contributed by atoms with Crippen molar-refractivity contribution in [3.63, 3.8) is 0 Å². The summed E-state index contributed by atoms with van der Waals surface area (Å²) in [4.78, 5) is 35.3. The lowest BCUT2D eigenvalue weighted by molar-refractivity contribution is 0.0692. The minimum absolute atomic E-state index is 0.0319. The number of nitrogens with one attached hydrogen (secondary N) is 2. The minimum Gasteiger partial charge on any atom is -0.478 e. The van der Waals surface area contributed by atoms with E-state index in [1.165, 1.54) is 12.1 Å². The van der Waals surface area contributed by atoms with Crippen molar-refractivity contribution in [2.45, 2.75) is 19.9 Å². The van der Waals surface area contributed by atoms with E-state index in [0.29, 0.717) is 11.3 Å². The quantitative estimate of drug-likeness (QED) is 0.787. The van der Waals surface area contributed by atoms with Crippen LogP contribution in [0.3, 0.4) is 0 Å². The lowest BCUT2D eigenvalue weighted by atomic mass is 10.1. The molecule has 0 aliphatic heterocycles. The van der Waals surface area contributed by atoms with E-state index in [1.807, 2.05) is 13.8 Å². The average molecular weight is 326 g/mol. The number of aromatic carboxylic acids is 1. The molecule has 6 heteroatoms. The van der Waals surface area contributed by atoms with Gasteiger partial charge in [0, 0.05) is 17.3 Å². The first kappa shape index (κ1) is 17.2. The van der Waals surface area contributed by atoms with E-state index in [-0.39, 0.29) is 23.1 Å². The van der Waals surface area contributed by atoms with Gasteiger partial charge in [-0.15, -0.1) is 0 Å². The van der Waals surface area contributed by atoms with Crippen molar-refractivity contribution >= 4 is 23.5 Å². The second kappa shape index (κ2) is 7.41. The Labute approximate surface area is 139 Å².